The molecule has 1 atom stereocenters. The van der Waals surface area contributed by atoms with Gasteiger partial charge in [0.1, 0.15) is 11.5 Å². The van der Waals surface area contributed by atoms with E-state index in [1.807, 2.05) is 31.7 Å². The topological polar surface area (TPSA) is 72.4 Å². The van der Waals surface area contributed by atoms with Gasteiger partial charge in [0.25, 0.3) is 5.91 Å². The SMILES string of the molecule is CCc1noc([C@@H]2CCCN(C(=O)c3cc(C)oc3C)C2)n1. The highest BCUT2D eigenvalue weighted by Crippen LogP contribution is 2.27. The van der Waals surface area contributed by atoms with Crippen molar-refractivity contribution in [3.8, 4) is 0 Å². The molecule has 1 saturated heterocycles. The molecule has 0 aliphatic carbocycles. The van der Waals surface area contributed by atoms with Crippen molar-refractivity contribution in [1.82, 2.24) is 15.0 Å². The second kappa shape index (κ2) is 5.94. The monoisotopic (exact) mass is 303 g/mol. The first kappa shape index (κ1) is 14.8. The molecule has 0 unspecified atom stereocenters. The number of aromatic nitrogens is 2. The van der Waals surface area contributed by atoms with Crippen LogP contribution in [0.1, 0.15) is 59.3 Å². The number of piperidine rings is 1. The summed E-state index contributed by atoms with van der Waals surface area (Å²) in [5.41, 5.74) is 0.651. The van der Waals surface area contributed by atoms with E-state index in [1.165, 1.54) is 0 Å². The number of nitrogens with zero attached hydrogens (tertiary/aromatic N) is 3. The van der Waals surface area contributed by atoms with Crippen LogP contribution in [0.4, 0.5) is 0 Å². The zero-order valence-corrected chi connectivity index (χ0v) is 13.3. The number of hydrogen-bond donors (Lipinski definition) is 0. The van der Waals surface area contributed by atoms with Gasteiger partial charge < -0.3 is 13.8 Å². The minimum atomic E-state index is 0.0225. The predicted molar refractivity (Wildman–Crippen MR) is 79.7 cm³/mol. The lowest BCUT2D eigenvalue weighted by molar-refractivity contribution is 0.0694. The Hall–Kier alpha value is -2.11. The Morgan fingerprint density at radius 1 is 1.45 bits per heavy atom. The van der Waals surface area contributed by atoms with E-state index >= 15 is 0 Å². The third-order valence-corrected chi connectivity index (χ3v) is 4.13. The summed E-state index contributed by atoms with van der Waals surface area (Å²) in [6.07, 6.45) is 2.67. The van der Waals surface area contributed by atoms with Gasteiger partial charge in [-0.1, -0.05) is 12.1 Å². The van der Waals surface area contributed by atoms with Gasteiger partial charge in [0, 0.05) is 19.5 Å². The average Bonchev–Trinajstić information content (AvgIpc) is 3.13. The molecule has 6 nitrogen and oxygen atoms in total. The minimum Gasteiger partial charge on any atom is -0.466 e. The van der Waals surface area contributed by atoms with Crippen LogP contribution in [0.3, 0.4) is 0 Å². The zero-order chi connectivity index (χ0) is 15.7. The highest BCUT2D eigenvalue weighted by molar-refractivity contribution is 5.95. The second-order valence-corrected chi connectivity index (χ2v) is 5.82. The molecule has 0 aromatic carbocycles. The van der Waals surface area contributed by atoms with Crippen LogP contribution in [0, 0.1) is 13.8 Å². The van der Waals surface area contributed by atoms with Crippen LogP contribution in [0.2, 0.25) is 0 Å². The van der Waals surface area contributed by atoms with E-state index in [-0.39, 0.29) is 11.8 Å². The Labute approximate surface area is 129 Å². The summed E-state index contributed by atoms with van der Waals surface area (Å²) in [4.78, 5) is 18.9. The highest BCUT2D eigenvalue weighted by atomic mass is 16.5. The number of carbonyl (C=O) groups excluding carboxylic acids is 1. The van der Waals surface area contributed by atoms with Gasteiger partial charge in [-0.25, -0.2) is 0 Å². The Bertz CT molecular complexity index is 674. The van der Waals surface area contributed by atoms with Gasteiger partial charge in [-0.3, -0.25) is 4.79 Å². The number of likely N-dealkylation sites (tertiary alicyclic amines) is 1. The van der Waals surface area contributed by atoms with Crippen LogP contribution in [0.25, 0.3) is 0 Å². The van der Waals surface area contributed by atoms with Crippen molar-refractivity contribution in [3.05, 3.63) is 34.9 Å². The molecular formula is C16H21N3O3. The van der Waals surface area contributed by atoms with E-state index in [0.29, 0.717) is 23.8 Å². The molecule has 118 valence electrons. The quantitative estimate of drug-likeness (QED) is 0.871. The van der Waals surface area contributed by atoms with E-state index in [9.17, 15) is 4.79 Å². The number of hydrogen-bond acceptors (Lipinski definition) is 5. The van der Waals surface area contributed by atoms with Crippen LogP contribution in [0.5, 0.6) is 0 Å². The lowest BCUT2D eigenvalue weighted by Gasteiger charge is -2.30. The number of amides is 1. The van der Waals surface area contributed by atoms with Crippen molar-refractivity contribution in [2.75, 3.05) is 13.1 Å². The minimum absolute atomic E-state index is 0.0225. The van der Waals surface area contributed by atoms with Crippen molar-refractivity contribution in [1.29, 1.82) is 0 Å². The van der Waals surface area contributed by atoms with E-state index in [4.69, 9.17) is 8.94 Å². The number of carbonyl (C=O) groups is 1. The smallest absolute Gasteiger partial charge is 0.257 e. The summed E-state index contributed by atoms with van der Waals surface area (Å²) in [5.74, 6) is 2.96. The van der Waals surface area contributed by atoms with Gasteiger partial charge in [0.15, 0.2) is 5.82 Å². The fourth-order valence-electron chi connectivity index (χ4n) is 2.95. The molecule has 1 fully saturated rings. The Morgan fingerprint density at radius 3 is 2.91 bits per heavy atom. The van der Waals surface area contributed by atoms with Crippen molar-refractivity contribution in [2.45, 2.75) is 46.0 Å². The van der Waals surface area contributed by atoms with E-state index in [1.54, 1.807) is 0 Å². The summed E-state index contributed by atoms with van der Waals surface area (Å²) < 4.78 is 10.8. The van der Waals surface area contributed by atoms with E-state index in [0.717, 1.165) is 37.4 Å². The van der Waals surface area contributed by atoms with Crippen LogP contribution in [0.15, 0.2) is 15.0 Å². The Morgan fingerprint density at radius 2 is 2.27 bits per heavy atom. The molecule has 1 aliphatic heterocycles. The van der Waals surface area contributed by atoms with Gasteiger partial charge in [0.2, 0.25) is 5.89 Å². The van der Waals surface area contributed by atoms with Crippen molar-refractivity contribution in [2.24, 2.45) is 0 Å². The number of furan rings is 1. The molecule has 1 aliphatic rings. The molecule has 0 spiro atoms. The molecule has 0 bridgehead atoms. The average molecular weight is 303 g/mol. The van der Waals surface area contributed by atoms with Crippen LogP contribution in [-0.4, -0.2) is 34.0 Å². The molecule has 1 amide bonds. The van der Waals surface area contributed by atoms with Crippen LogP contribution >= 0.6 is 0 Å². The van der Waals surface area contributed by atoms with Gasteiger partial charge >= 0.3 is 0 Å². The van der Waals surface area contributed by atoms with Gasteiger partial charge in [0.05, 0.1) is 11.5 Å². The maximum absolute atomic E-state index is 12.7. The molecular weight excluding hydrogens is 282 g/mol. The highest BCUT2D eigenvalue weighted by Gasteiger charge is 2.30. The molecule has 0 N–H and O–H groups in total. The van der Waals surface area contributed by atoms with Crippen molar-refractivity contribution >= 4 is 5.91 Å². The fourth-order valence-corrected chi connectivity index (χ4v) is 2.95. The lowest BCUT2D eigenvalue weighted by atomic mass is 9.97. The molecule has 0 radical (unpaired) electrons. The third-order valence-electron chi connectivity index (χ3n) is 4.13. The first-order valence-electron chi connectivity index (χ1n) is 7.77. The molecule has 6 heteroatoms. The first-order valence-corrected chi connectivity index (χ1v) is 7.77. The third kappa shape index (κ3) is 2.77. The van der Waals surface area contributed by atoms with Gasteiger partial charge in [-0.2, -0.15) is 4.98 Å². The largest absolute Gasteiger partial charge is 0.466 e. The maximum atomic E-state index is 12.7. The summed E-state index contributed by atoms with van der Waals surface area (Å²) >= 11 is 0. The normalized spacial score (nSPS) is 18.7. The maximum Gasteiger partial charge on any atom is 0.257 e. The van der Waals surface area contributed by atoms with E-state index < -0.39 is 0 Å². The zero-order valence-electron chi connectivity index (χ0n) is 13.3. The molecule has 22 heavy (non-hydrogen) atoms. The van der Waals surface area contributed by atoms with Crippen molar-refractivity contribution < 1.29 is 13.7 Å². The van der Waals surface area contributed by atoms with Gasteiger partial charge in [-0.05, 0) is 32.8 Å². The summed E-state index contributed by atoms with van der Waals surface area (Å²) in [6.45, 7) is 7.05. The standard InChI is InChI=1S/C16H21N3O3/c1-4-14-17-15(22-18-14)12-6-5-7-19(9-12)16(20)13-8-10(2)21-11(13)3/h8,12H,4-7,9H2,1-3H3/t12-/m1/s1. The second-order valence-electron chi connectivity index (χ2n) is 5.82. The lowest BCUT2D eigenvalue weighted by Crippen LogP contribution is -2.39. The van der Waals surface area contributed by atoms with Crippen LogP contribution < -0.4 is 0 Å². The van der Waals surface area contributed by atoms with Crippen molar-refractivity contribution in [3.63, 3.8) is 0 Å². The first-order chi connectivity index (χ1) is 10.6. The molecule has 3 rings (SSSR count). The molecule has 2 aromatic heterocycles. The Balaban J connectivity index is 1.75. The van der Waals surface area contributed by atoms with Crippen LogP contribution in [-0.2, 0) is 6.42 Å². The Kier molecular flexibility index (Phi) is 4.00. The van der Waals surface area contributed by atoms with Gasteiger partial charge in [-0.15, -0.1) is 0 Å². The number of rotatable bonds is 3. The summed E-state index contributed by atoms with van der Waals surface area (Å²) in [6, 6.07) is 1.81. The number of aryl methyl sites for hydroxylation is 3. The predicted octanol–water partition coefficient (Wildman–Crippen LogP) is 2.86. The summed E-state index contributed by atoms with van der Waals surface area (Å²) in [5, 5.41) is 3.95. The molecule has 3 heterocycles. The molecule has 0 saturated carbocycles. The molecule has 2 aromatic rings. The summed E-state index contributed by atoms with van der Waals surface area (Å²) in [7, 11) is 0. The van der Waals surface area contributed by atoms with E-state index in [2.05, 4.69) is 10.1 Å². The fraction of sp³-hybridized carbons (Fsp3) is 0.562.